The average Bonchev–Trinajstić information content (AvgIpc) is 2.94. The first kappa shape index (κ1) is 30.9. The minimum Gasteiger partial charge on any atom is -0.508 e. The van der Waals surface area contributed by atoms with E-state index in [2.05, 4.69) is 17.2 Å². The average molecular weight is 558 g/mol. The summed E-state index contributed by atoms with van der Waals surface area (Å²) in [5.41, 5.74) is 2.28. The molecule has 0 fully saturated rings. The van der Waals surface area contributed by atoms with Crippen LogP contribution in [-0.4, -0.2) is 46.1 Å². The zero-order chi connectivity index (χ0) is 30.0. The number of carbonyl (C=O) groups excluding carboxylic acids is 3. The van der Waals surface area contributed by atoms with Crippen molar-refractivity contribution in [3.63, 3.8) is 0 Å². The maximum atomic E-state index is 14.2. The zero-order valence-electron chi connectivity index (χ0n) is 24.1. The van der Waals surface area contributed by atoms with E-state index < -0.39 is 29.7 Å². The topological polar surface area (TPSA) is 108 Å². The molecule has 0 aromatic heterocycles. The van der Waals surface area contributed by atoms with Crippen LogP contribution in [0, 0.1) is 0 Å². The summed E-state index contributed by atoms with van der Waals surface area (Å²) in [5.74, 6) is -0.717. The van der Waals surface area contributed by atoms with E-state index in [0.717, 1.165) is 11.1 Å². The maximum Gasteiger partial charge on any atom is 0.408 e. The van der Waals surface area contributed by atoms with E-state index >= 15 is 0 Å². The molecule has 3 amide bonds. The summed E-state index contributed by atoms with van der Waals surface area (Å²) in [4.78, 5) is 42.3. The Bertz CT molecular complexity index is 1330. The van der Waals surface area contributed by atoms with Crippen molar-refractivity contribution >= 4 is 24.0 Å². The molecule has 8 nitrogen and oxygen atoms in total. The molecule has 0 radical (unpaired) electrons. The van der Waals surface area contributed by atoms with Crippen molar-refractivity contribution in [2.45, 2.75) is 58.3 Å². The third-order valence-electron chi connectivity index (χ3n) is 6.32. The summed E-state index contributed by atoms with van der Waals surface area (Å²) in [7, 11) is 0. The standard InChI is InChI=1S/C33H39N3O5/c1-6-23-14-11-15-26(20-23)29(30(38)34-22-25-12-9-8-10-13-25)36(7-2)31(39)28(35-32(40)41-33(3,4)5)21-24-16-18-27(37)19-17-24/h6,8-20,28-29,37H,1,7,21-22H2,2-5H3,(H,34,38)(H,35,40). The number of alkyl carbamates (subject to hydrolysis) is 1. The lowest BCUT2D eigenvalue weighted by molar-refractivity contribution is -0.142. The number of likely N-dealkylation sites (N-methyl/N-ethyl adjacent to an activating group) is 1. The molecule has 0 bridgehead atoms. The number of amides is 3. The second-order valence-corrected chi connectivity index (χ2v) is 10.7. The van der Waals surface area contributed by atoms with Gasteiger partial charge in [-0.2, -0.15) is 0 Å². The van der Waals surface area contributed by atoms with Gasteiger partial charge in [0.15, 0.2) is 0 Å². The smallest absolute Gasteiger partial charge is 0.408 e. The molecule has 0 aliphatic heterocycles. The summed E-state index contributed by atoms with van der Waals surface area (Å²) >= 11 is 0. The number of phenolic OH excluding ortho intramolecular Hbond substituents is 1. The van der Waals surface area contributed by atoms with E-state index in [1.807, 2.05) is 48.5 Å². The predicted molar refractivity (Wildman–Crippen MR) is 160 cm³/mol. The highest BCUT2D eigenvalue weighted by molar-refractivity contribution is 5.92. The van der Waals surface area contributed by atoms with Gasteiger partial charge >= 0.3 is 6.09 Å². The summed E-state index contributed by atoms with van der Waals surface area (Å²) in [6.45, 7) is 11.3. The van der Waals surface area contributed by atoms with Gasteiger partial charge in [0.05, 0.1) is 0 Å². The van der Waals surface area contributed by atoms with E-state index in [9.17, 15) is 19.5 Å². The second kappa shape index (κ2) is 14.2. The predicted octanol–water partition coefficient (Wildman–Crippen LogP) is 5.38. The van der Waals surface area contributed by atoms with Crippen LogP contribution in [-0.2, 0) is 27.3 Å². The van der Waals surface area contributed by atoms with Crippen molar-refractivity contribution < 1.29 is 24.2 Å². The number of hydrogen-bond acceptors (Lipinski definition) is 5. The van der Waals surface area contributed by atoms with Crippen LogP contribution in [0.25, 0.3) is 6.08 Å². The van der Waals surface area contributed by atoms with Gasteiger partial charge in [-0.05, 0) is 68.1 Å². The van der Waals surface area contributed by atoms with Crippen LogP contribution in [0.1, 0.15) is 56.0 Å². The first-order valence-electron chi connectivity index (χ1n) is 13.6. The number of benzene rings is 3. The highest BCUT2D eigenvalue weighted by Crippen LogP contribution is 2.25. The molecule has 3 N–H and O–H groups in total. The summed E-state index contributed by atoms with van der Waals surface area (Å²) in [6, 6.07) is 21.2. The number of rotatable bonds is 11. The van der Waals surface area contributed by atoms with Gasteiger partial charge in [-0.3, -0.25) is 9.59 Å². The Morgan fingerprint density at radius 1 is 0.976 bits per heavy atom. The van der Waals surface area contributed by atoms with Gasteiger partial charge in [-0.25, -0.2) is 4.79 Å². The third kappa shape index (κ3) is 9.24. The molecule has 0 heterocycles. The van der Waals surface area contributed by atoms with Gasteiger partial charge in [0, 0.05) is 19.5 Å². The molecule has 3 aromatic carbocycles. The summed E-state index contributed by atoms with van der Waals surface area (Å²) in [6.07, 6.45) is 1.06. The number of nitrogens with zero attached hydrogens (tertiary/aromatic N) is 1. The lowest BCUT2D eigenvalue weighted by Crippen LogP contribution is -2.53. The summed E-state index contributed by atoms with van der Waals surface area (Å²) < 4.78 is 5.45. The highest BCUT2D eigenvalue weighted by Gasteiger charge is 2.35. The Morgan fingerprint density at radius 2 is 1.66 bits per heavy atom. The fourth-order valence-corrected chi connectivity index (χ4v) is 4.39. The maximum absolute atomic E-state index is 14.2. The number of aromatic hydroxyl groups is 1. The van der Waals surface area contributed by atoms with E-state index in [0.29, 0.717) is 11.1 Å². The molecule has 2 atom stereocenters. The monoisotopic (exact) mass is 557 g/mol. The Balaban J connectivity index is 1.98. The van der Waals surface area contributed by atoms with Gasteiger partial charge in [0.2, 0.25) is 11.8 Å². The van der Waals surface area contributed by atoms with Gasteiger partial charge < -0.3 is 25.4 Å². The number of carbonyl (C=O) groups is 3. The lowest BCUT2D eigenvalue weighted by Gasteiger charge is -2.34. The van der Waals surface area contributed by atoms with E-state index in [1.165, 1.54) is 17.0 Å². The zero-order valence-corrected chi connectivity index (χ0v) is 24.1. The molecule has 0 spiro atoms. The number of ether oxygens (including phenoxy) is 1. The highest BCUT2D eigenvalue weighted by atomic mass is 16.6. The van der Waals surface area contributed by atoms with Crippen molar-refractivity contribution in [1.29, 1.82) is 0 Å². The molecule has 0 aliphatic rings. The van der Waals surface area contributed by atoms with Crippen LogP contribution in [0.4, 0.5) is 4.79 Å². The normalized spacial score (nSPS) is 12.5. The van der Waals surface area contributed by atoms with Crippen LogP contribution < -0.4 is 10.6 Å². The molecule has 0 aliphatic carbocycles. The molecule has 8 heteroatoms. The van der Waals surface area contributed by atoms with Crippen LogP contribution in [0.15, 0.2) is 85.4 Å². The van der Waals surface area contributed by atoms with Crippen molar-refractivity contribution in [2.75, 3.05) is 6.54 Å². The molecule has 0 saturated carbocycles. The Kier molecular flexibility index (Phi) is 10.7. The van der Waals surface area contributed by atoms with Gasteiger partial charge in [0.1, 0.15) is 23.4 Å². The SMILES string of the molecule is C=Cc1cccc(C(C(=O)NCc2ccccc2)N(CC)C(=O)C(Cc2ccc(O)cc2)NC(=O)OC(C)(C)C)c1. The molecule has 2 unspecified atom stereocenters. The van der Waals surface area contributed by atoms with Crippen molar-refractivity contribution in [2.24, 2.45) is 0 Å². The molecule has 3 aromatic rings. The summed E-state index contributed by atoms with van der Waals surface area (Å²) in [5, 5.41) is 15.4. The van der Waals surface area contributed by atoms with E-state index in [-0.39, 0.29) is 31.2 Å². The molecule has 216 valence electrons. The van der Waals surface area contributed by atoms with Crippen molar-refractivity contribution in [1.82, 2.24) is 15.5 Å². The number of hydrogen-bond donors (Lipinski definition) is 3. The molecule has 41 heavy (non-hydrogen) atoms. The third-order valence-corrected chi connectivity index (χ3v) is 6.32. The Labute approximate surface area is 242 Å². The fraction of sp³-hybridized carbons (Fsp3) is 0.303. The van der Waals surface area contributed by atoms with Crippen molar-refractivity contribution in [3.8, 4) is 5.75 Å². The van der Waals surface area contributed by atoms with E-state index in [1.54, 1.807) is 52.0 Å². The van der Waals surface area contributed by atoms with E-state index in [4.69, 9.17) is 4.74 Å². The molecular weight excluding hydrogens is 518 g/mol. The molecule has 3 rings (SSSR count). The van der Waals surface area contributed by atoms with Crippen LogP contribution >= 0.6 is 0 Å². The first-order valence-corrected chi connectivity index (χ1v) is 13.6. The largest absolute Gasteiger partial charge is 0.508 e. The van der Waals surface area contributed by atoms with Crippen molar-refractivity contribution in [3.05, 3.63) is 108 Å². The quantitative estimate of drug-likeness (QED) is 0.294. The van der Waals surface area contributed by atoms with Gasteiger partial charge in [0.25, 0.3) is 0 Å². The molecule has 0 saturated heterocycles. The minimum absolute atomic E-state index is 0.0872. The lowest BCUT2D eigenvalue weighted by atomic mass is 9.99. The first-order chi connectivity index (χ1) is 19.5. The number of nitrogens with one attached hydrogen (secondary N) is 2. The minimum atomic E-state index is -1.04. The van der Waals surface area contributed by atoms with Crippen LogP contribution in [0.3, 0.4) is 0 Å². The number of phenols is 1. The molecular formula is C33H39N3O5. The van der Waals surface area contributed by atoms with Gasteiger partial charge in [-0.1, -0.05) is 73.3 Å². The Hall–Kier alpha value is -4.59. The second-order valence-electron chi connectivity index (χ2n) is 10.7. The van der Waals surface area contributed by atoms with Gasteiger partial charge in [-0.15, -0.1) is 0 Å². The van der Waals surface area contributed by atoms with Crippen LogP contribution in [0.2, 0.25) is 0 Å². The van der Waals surface area contributed by atoms with Crippen LogP contribution in [0.5, 0.6) is 5.75 Å². The fourth-order valence-electron chi connectivity index (χ4n) is 4.39. The Morgan fingerprint density at radius 3 is 2.27 bits per heavy atom.